The molecule has 0 aliphatic carbocycles. The van der Waals surface area contributed by atoms with Crippen LogP contribution in [0.15, 0.2) is 23.3 Å². The molecular formula is C19H29N5O2. The molecule has 0 aromatic carbocycles. The maximum atomic E-state index is 5.65. The van der Waals surface area contributed by atoms with Crippen molar-refractivity contribution in [2.24, 2.45) is 10.4 Å². The molecule has 7 heteroatoms. The lowest BCUT2D eigenvalue weighted by Gasteiger charge is -2.30. The van der Waals surface area contributed by atoms with Crippen LogP contribution < -0.4 is 10.2 Å². The average Bonchev–Trinajstić information content (AvgIpc) is 3.33. The van der Waals surface area contributed by atoms with Crippen molar-refractivity contribution in [3.8, 4) is 0 Å². The van der Waals surface area contributed by atoms with Crippen molar-refractivity contribution >= 4 is 11.8 Å². The van der Waals surface area contributed by atoms with Gasteiger partial charge in [0.15, 0.2) is 5.96 Å². The predicted molar refractivity (Wildman–Crippen MR) is 102 cm³/mol. The van der Waals surface area contributed by atoms with Gasteiger partial charge in [-0.2, -0.15) is 0 Å². The topological polar surface area (TPSA) is 62.2 Å². The van der Waals surface area contributed by atoms with Gasteiger partial charge in [-0.3, -0.25) is 4.99 Å². The summed E-state index contributed by atoms with van der Waals surface area (Å²) in [7, 11) is 1.87. The third-order valence-electron chi connectivity index (χ3n) is 5.75. The lowest BCUT2D eigenvalue weighted by molar-refractivity contribution is 0.122. The van der Waals surface area contributed by atoms with Gasteiger partial charge in [0.25, 0.3) is 0 Å². The number of pyridine rings is 1. The van der Waals surface area contributed by atoms with Gasteiger partial charge in [-0.15, -0.1) is 0 Å². The molecule has 1 unspecified atom stereocenters. The minimum absolute atomic E-state index is 0.338. The van der Waals surface area contributed by atoms with Crippen LogP contribution in [-0.4, -0.2) is 75.5 Å². The summed E-state index contributed by atoms with van der Waals surface area (Å²) in [5.41, 5.74) is 1.54. The summed E-state index contributed by atoms with van der Waals surface area (Å²) < 4.78 is 11.1. The van der Waals surface area contributed by atoms with E-state index in [9.17, 15) is 0 Å². The highest BCUT2D eigenvalue weighted by Gasteiger charge is 2.42. The Morgan fingerprint density at radius 1 is 1.23 bits per heavy atom. The van der Waals surface area contributed by atoms with Crippen LogP contribution in [0.2, 0.25) is 0 Å². The van der Waals surface area contributed by atoms with E-state index in [0.717, 1.165) is 70.9 Å². The summed E-state index contributed by atoms with van der Waals surface area (Å²) in [4.78, 5) is 13.8. The molecule has 142 valence electrons. The number of aromatic nitrogens is 1. The van der Waals surface area contributed by atoms with Crippen LogP contribution in [-0.2, 0) is 16.0 Å². The number of rotatable bonds is 3. The lowest BCUT2D eigenvalue weighted by atomic mass is 9.87. The van der Waals surface area contributed by atoms with Crippen molar-refractivity contribution in [1.82, 2.24) is 15.2 Å². The van der Waals surface area contributed by atoms with Crippen LogP contribution in [0.5, 0.6) is 0 Å². The number of nitrogens with one attached hydrogen (secondary N) is 1. The molecule has 1 N–H and O–H groups in total. The van der Waals surface area contributed by atoms with Gasteiger partial charge >= 0.3 is 0 Å². The maximum absolute atomic E-state index is 5.65. The standard InChI is InChI=1S/C19H29N5O2/c1-20-18(24-7-4-19(14-24)5-10-26-15-19)22-13-16-3-2-6-21-17(16)23-8-11-25-12-9-23/h2-3,6H,4-5,7-15H2,1H3,(H,20,22). The molecule has 4 heterocycles. The van der Waals surface area contributed by atoms with Crippen molar-refractivity contribution in [2.75, 3.05) is 64.6 Å². The molecule has 0 bridgehead atoms. The van der Waals surface area contributed by atoms with Crippen molar-refractivity contribution < 1.29 is 9.47 Å². The first-order valence-corrected chi connectivity index (χ1v) is 9.60. The normalized spacial score (nSPS) is 26.7. The Kier molecular flexibility index (Phi) is 5.26. The molecule has 3 aliphatic rings. The zero-order chi connectivity index (χ0) is 17.8. The van der Waals surface area contributed by atoms with E-state index < -0.39 is 0 Å². The molecule has 4 rings (SSSR count). The summed E-state index contributed by atoms with van der Waals surface area (Å²) in [6.45, 7) is 7.94. The van der Waals surface area contributed by atoms with E-state index in [4.69, 9.17) is 9.47 Å². The van der Waals surface area contributed by atoms with Gasteiger partial charge in [0, 0.05) is 63.6 Å². The number of morpholine rings is 1. The van der Waals surface area contributed by atoms with Gasteiger partial charge in [0.2, 0.25) is 0 Å². The number of ether oxygens (including phenoxy) is 2. The third-order valence-corrected chi connectivity index (χ3v) is 5.75. The molecule has 3 aliphatic heterocycles. The van der Waals surface area contributed by atoms with E-state index in [2.05, 4.69) is 31.2 Å². The highest BCUT2D eigenvalue weighted by atomic mass is 16.5. The molecule has 7 nitrogen and oxygen atoms in total. The first-order chi connectivity index (χ1) is 12.8. The van der Waals surface area contributed by atoms with Crippen molar-refractivity contribution in [2.45, 2.75) is 19.4 Å². The second-order valence-corrected chi connectivity index (χ2v) is 7.46. The quantitative estimate of drug-likeness (QED) is 0.644. The molecule has 1 aromatic rings. The summed E-state index contributed by atoms with van der Waals surface area (Å²) in [5, 5.41) is 3.55. The number of nitrogens with zero attached hydrogens (tertiary/aromatic N) is 4. The van der Waals surface area contributed by atoms with Gasteiger partial charge in [-0.1, -0.05) is 6.07 Å². The monoisotopic (exact) mass is 359 g/mol. The molecular weight excluding hydrogens is 330 g/mol. The first-order valence-electron chi connectivity index (χ1n) is 9.60. The van der Waals surface area contributed by atoms with Crippen molar-refractivity contribution in [1.29, 1.82) is 0 Å². The minimum Gasteiger partial charge on any atom is -0.381 e. The smallest absolute Gasteiger partial charge is 0.193 e. The SMILES string of the molecule is CN=C(NCc1cccnc1N1CCOCC1)N1CCC2(CCOC2)C1. The fourth-order valence-electron chi connectivity index (χ4n) is 4.22. The van der Waals surface area contributed by atoms with Crippen LogP contribution in [0.4, 0.5) is 5.82 Å². The van der Waals surface area contributed by atoms with E-state index in [-0.39, 0.29) is 0 Å². The minimum atomic E-state index is 0.338. The van der Waals surface area contributed by atoms with Crippen LogP contribution in [0.1, 0.15) is 18.4 Å². The Morgan fingerprint density at radius 3 is 2.88 bits per heavy atom. The Bertz CT molecular complexity index is 639. The fraction of sp³-hybridized carbons (Fsp3) is 0.684. The van der Waals surface area contributed by atoms with Crippen molar-refractivity contribution in [3.63, 3.8) is 0 Å². The number of guanidine groups is 1. The van der Waals surface area contributed by atoms with Gasteiger partial charge in [-0.25, -0.2) is 4.98 Å². The highest BCUT2D eigenvalue weighted by Crippen LogP contribution is 2.38. The van der Waals surface area contributed by atoms with Gasteiger partial charge in [0.1, 0.15) is 5.82 Å². The number of hydrogen-bond donors (Lipinski definition) is 1. The Morgan fingerprint density at radius 2 is 2.12 bits per heavy atom. The Hall–Kier alpha value is -1.86. The molecule has 1 spiro atoms. The number of likely N-dealkylation sites (tertiary alicyclic amines) is 1. The van der Waals surface area contributed by atoms with Gasteiger partial charge in [0.05, 0.1) is 19.8 Å². The molecule has 1 atom stereocenters. The third kappa shape index (κ3) is 3.64. The largest absolute Gasteiger partial charge is 0.381 e. The fourth-order valence-corrected chi connectivity index (χ4v) is 4.22. The molecule has 1 aromatic heterocycles. The summed E-state index contributed by atoms with van der Waals surface area (Å²) >= 11 is 0. The van der Waals surface area contributed by atoms with Crippen molar-refractivity contribution in [3.05, 3.63) is 23.9 Å². The van der Waals surface area contributed by atoms with E-state index in [1.807, 2.05) is 19.3 Å². The maximum Gasteiger partial charge on any atom is 0.193 e. The summed E-state index contributed by atoms with van der Waals surface area (Å²) in [6, 6.07) is 4.15. The van der Waals surface area contributed by atoms with Gasteiger partial charge < -0.3 is 24.6 Å². The summed E-state index contributed by atoms with van der Waals surface area (Å²) in [6.07, 6.45) is 4.23. The highest BCUT2D eigenvalue weighted by molar-refractivity contribution is 5.80. The second-order valence-electron chi connectivity index (χ2n) is 7.46. The van der Waals surface area contributed by atoms with E-state index in [0.29, 0.717) is 5.41 Å². The van der Waals surface area contributed by atoms with Crippen LogP contribution >= 0.6 is 0 Å². The first kappa shape index (κ1) is 17.5. The number of aliphatic imine (C=N–C) groups is 1. The molecule has 26 heavy (non-hydrogen) atoms. The average molecular weight is 359 g/mol. The van der Waals surface area contributed by atoms with Crippen LogP contribution in [0, 0.1) is 5.41 Å². The molecule has 3 saturated heterocycles. The molecule has 0 amide bonds. The predicted octanol–water partition coefficient (Wildman–Crippen LogP) is 1.11. The number of anilines is 1. The zero-order valence-corrected chi connectivity index (χ0v) is 15.6. The van der Waals surface area contributed by atoms with Crippen LogP contribution in [0.25, 0.3) is 0 Å². The van der Waals surface area contributed by atoms with E-state index in [1.165, 1.54) is 18.4 Å². The zero-order valence-electron chi connectivity index (χ0n) is 15.6. The molecule has 3 fully saturated rings. The molecule has 0 radical (unpaired) electrons. The molecule has 0 saturated carbocycles. The lowest BCUT2D eigenvalue weighted by Crippen LogP contribution is -2.42. The van der Waals surface area contributed by atoms with Gasteiger partial charge in [-0.05, 0) is 18.9 Å². The summed E-state index contributed by atoms with van der Waals surface area (Å²) in [5.74, 6) is 2.03. The number of hydrogen-bond acceptors (Lipinski definition) is 5. The van der Waals surface area contributed by atoms with Crippen LogP contribution in [0.3, 0.4) is 0 Å². The van der Waals surface area contributed by atoms with E-state index >= 15 is 0 Å². The Balaban J connectivity index is 1.40. The Labute approximate surface area is 155 Å². The van der Waals surface area contributed by atoms with E-state index in [1.54, 1.807) is 0 Å². The second kappa shape index (κ2) is 7.80.